The van der Waals surface area contributed by atoms with E-state index >= 15 is 0 Å². The quantitative estimate of drug-likeness (QED) is 0.592. The summed E-state index contributed by atoms with van der Waals surface area (Å²) in [6, 6.07) is 12.1. The molecule has 3 rings (SSSR count). The van der Waals surface area contributed by atoms with Gasteiger partial charge in [0.1, 0.15) is 11.7 Å². The van der Waals surface area contributed by atoms with E-state index in [1.54, 1.807) is 4.90 Å². The van der Waals surface area contributed by atoms with Crippen molar-refractivity contribution in [2.45, 2.75) is 6.10 Å². The Kier molecular flexibility index (Phi) is 5.56. The molecular formula is C19H20N2O6. The summed E-state index contributed by atoms with van der Waals surface area (Å²) in [7, 11) is 2.80. The number of rotatable bonds is 5. The van der Waals surface area contributed by atoms with Crippen molar-refractivity contribution in [3.63, 3.8) is 0 Å². The molecule has 1 aliphatic rings. The van der Waals surface area contributed by atoms with Crippen LogP contribution in [-0.2, 0) is 4.74 Å². The van der Waals surface area contributed by atoms with E-state index in [9.17, 15) is 14.9 Å². The second kappa shape index (κ2) is 8.05. The first-order chi connectivity index (χ1) is 13.0. The Morgan fingerprint density at radius 1 is 1.19 bits per heavy atom. The van der Waals surface area contributed by atoms with Gasteiger partial charge in [0, 0.05) is 12.6 Å². The molecule has 0 N–H and O–H groups in total. The molecule has 0 bridgehead atoms. The van der Waals surface area contributed by atoms with Crippen LogP contribution in [0.1, 0.15) is 22.0 Å². The Bertz CT molecular complexity index is 840. The van der Waals surface area contributed by atoms with Gasteiger partial charge in [0.25, 0.3) is 11.6 Å². The number of hydrogen-bond donors (Lipinski definition) is 0. The maximum Gasteiger partial charge on any atom is 0.286 e. The average molecular weight is 372 g/mol. The van der Waals surface area contributed by atoms with Crippen LogP contribution in [0.5, 0.6) is 11.5 Å². The number of morpholine rings is 1. The van der Waals surface area contributed by atoms with Gasteiger partial charge in [-0.05, 0) is 5.56 Å². The summed E-state index contributed by atoms with van der Waals surface area (Å²) in [6.07, 6.45) is -0.275. The van der Waals surface area contributed by atoms with E-state index in [-0.39, 0.29) is 28.9 Å². The number of nitro benzene ring substituents is 1. The Balaban J connectivity index is 1.91. The van der Waals surface area contributed by atoms with Gasteiger partial charge >= 0.3 is 0 Å². The number of carbonyl (C=O) groups is 1. The predicted octanol–water partition coefficient (Wildman–Crippen LogP) is 2.83. The van der Waals surface area contributed by atoms with Crippen molar-refractivity contribution in [3.05, 3.63) is 63.7 Å². The third kappa shape index (κ3) is 3.85. The van der Waals surface area contributed by atoms with Gasteiger partial charge in [-0.15, -0.1) is 0 Å². The van der Waals surface area contributed by atoms with Gasteiger partial charge in [-0.25, -0.2) is 0 Å². The summed E-state index contributed by atoms with van der Waals surface area (Å²) in [5.41, 5.74) is 0.601. The fourth-order valence-corrected chi connectivity index (χ4v) is 3.06. The maximum atomic E-state index is 13.0. The summed E-state index contributed by atoms with van der Waals surface area (Å²) < 4.78 is 16.1. The predicted molar refractivity (Wildman–Crippen MR) is 97.2 cm³/mol. The molecule has 0 aliphatic carbocycles. The molecule has 1 heterocycles. The molecule has 0 radical (unpaired) electrons. The van der Waals surface area contributed by atoms with Crippen LogP contribution in [-0.4, -0.2) is 49.6 Å². The molecule has 0 saturated carbocycles. The molecule has 1 fully saturated rings. The van der Waals surface area contributed by atoms with Crippen LogP contribution >= 0.6 is 0 Å². The van der Waals surface area contributed by atoms with Crippen LogP contribution in [0, 0.1) is 10.1 Å². The van der Waals surface area contributed by atoms with Crippen LogP contribution in [0.25, 0.3) is 0 Å². The molecule has 2 aromatic rings. The highest BCUT2D eigenvalue weighted by atomic mass is 16.6. The SMILES string of the molecule is COc1cc(C(=O)N2CCO[C@H](c3ccccc3)C2)c([N+](=O)[O-])cc1OC. The molecule has 0 spiro atoms. The molecule has 0 unspecified atom stereocenters. The molecule has 2 aromatic carbocycles. The lowest BCUT2D eigenvalue weighted by Crippen LogP contribution is -2.42. The van der Waals surface area contributed by atoms with E-state index in [4.69, 9.17) is 14.2 Å². The second-order valence-electron chi connectivity index (χ2n) is 6.00. The minimum absolute atomic E-state index is 0.0358. The normalized spacial score (nSPS) is 16.7. The lowest BCUT2D eigenvalue weighted by molar-refractivity contribution is -0.385. The highest BCUT2D eigenvalue weighted by Gasteiger charge is 2.31. The van der Waals surface area contributed by atoms with Crippen molar-refractivity contribution in [1.82, 2.24) is 4.90 Å². The van der Waals surface area contributed by atoms with E-state index in [2.05, 4.69) is 0 Å². The molecule has 0 aromatic heterocycles. The van der Waals surface area contributed by atoms with Crippen molar-refractivity contribution in [2.75, 3.05) is 33.9 Å². The van der Waals surface area contributed by atoms with Gasteiger partial charge in [-0.1, -0.05) is 30.3 Å². The van der Waals surface area contributed by atoms with Crippen LogP contribution in [0.4, 0.5) is 5.69 Å². The third-order valence-electron chi connectivity index (χ3n) is 4.45. The van der Waals surface area contributed by atoms with Crippen molar-refractivity contribution in [1.29, 1.82) is 0 Å². The molecule has 8 nitrogen and oxygen atoms in total. The first-order valence-corrected chi connectivity index (χ1v) is 8.41. The summed E-state index contributed by atoms with van der Waals surface area (Å²) in [5.74, 6) is 0.0242. The van der Waals surface area contributed by atoms with E-state index in [1.807, 2.05) is 30.3 Å². The summed E-state index contributed by atoms with van der Waals surface area (Å²) in [5, 5.41) is 11.5. The third-order valence-corrected chi connectivity index (χ3v) is 4.45. The number of hydrogen-bond acceptors (Lipinski definition) is 6. The van der Waals surface area contributed by atoms with Crippen LogP contribution < -0.4 is 9.47 Å². The molecular weight excluding hydrogens is 352 g/mol. The van der Waals surface area contributed by atoms with Crippen molar-refractivity contribution < 1.29 is 23.9 Å². The molecule has 1 amide bonds. The maximum absolute atomic E-state index is 13.0. The summed E-state index contributed by atoms with van der Waals surface area (Å²) in [6.45, 7) is 1.02. The summed E-state index contributed by atoms with van der Waals surface area (Å²) in [4.78, 5) is 25.5. The van der Waals surface area contributed by atoms with Gasteiger partial charge in [0.2, 0.25) is 0 Å². The number of ether oxygens (including phenoxy) is 3. The standard InChI is InChI=1S/C19H20N2O6/c1-25-16-10-14(15(21(23)24)11-17(16)26-2)19(22)20-8-9-27-18(12-20)13-6-4-3-5-7-13/h3-7,10-11,18H,8-9,12H2,1-2H3/t18-/m0/s1. The minimum atomic E-state index is -0.593. The molecule has 27 heavy (non-hydrogen) atoms. The minimum Gasteiger partial charge on any atom is -0.493 e. The lowest BCUT2D eigenvalue weighted by atomic mass is 10.1. The van der Waals surface area contributed by atoms with Crippen molar-refractivity contribution in [2.24, 2.45) is 0 Å². The Morgan fingerprint density at radius 3 is 2.48 bits per heavy atom. The van der Waals surface area contributed by atoms with Gasteiger partial charge in [0.05, 0.1) is 38.4 Å². The fourth-order valence-electron chi connectivity index (χ4n) is 3.06. The molecule has 1 aliphatic heterocycles. The first-order valence-electron chi connectivity index (χ1n) is 8.41. The zero-order valence-corrected chi connectivity index (χ0v) is 15.1. The number of nitrogens with zero attached hydrogens (tertiary/aromatic N) is 2. The average Bonchev–Trinajstić information content (AvgIpc) is 2.72. The highest BCUT2D eigenvalue weighted by Crippen LogP contribution is 2.35. The van der Waals surface area contributed by atoms with Gasteiger partial charge < -0.3 is 19.1 Å². The van der Waals surface area contributed by atoms with Gasteiger partial charge in [0.15, 0.2) is 11.5 Å². The Morgan fingerprint density at radius 2 is 1.85 bits per heavy atom. The highest BCUT2D eigenvalue weighted by molar-refractivity contribution is 5.99. The largest absolute Gasteiger partial charge is 0.493 e. The Hall–Kier alpha value is -3.13. The number of nitro groups is 1. The molecule has 1 atom stereocenters. The lowest BCUT2D eigenvalue weighted by Gasteiger charge is -2.33. The van der Waals surface area contributed by atoms with Crippen LogP contribution in [0.3, 0.4) is 0 Å². The number of amides is 1. The molecule has 1 saturated heterocycles. The smallest absolute Gasteiger partial charge is 0.286 e. The van der Waals surface area contributed by atoms with E-state index < -0.39 is 10.8 Å². The van der Waals surface area contributed by atoms with Crippen LogP contribution in [0.2, 0.25) is 0 Å². The number of carbonyl (C=O) groups excluding carboxylic acids is 1. The zero-order chi connectivity index (χ0) is 19.4. The number of methoxy groups -OCH3 is 2. The van der Waals surface area contributed by atoms with Gasteiger partial charge in [-0.2, -0.15) is 0 Å². The zero-order valence-electron chi connectivity index (χ0n) is 15.1. The van der Waals surface area contributed by atoms with Crippen LogP contribution in [0.15, 0.2) is 42.5 Å². The van der Waals surface area contributed by atoms with E-state index in [0.717, 1.165) is 5.56 Å². The first kappa shape index (κ1) is 18.7. The second-order valence-corrected chi connectivity index (χ2v) is 6.00. The molecule has 142 valence electrons. The van der Waals surface area contributed by atoms with Crippen molar-refractivity contribution >= 4 is 11.6 Å². The fraction of sp³-hybridized carbons (Fsp3) is 0.316. The monoisotopic (exact) mass is 372 g/mol. The van der Waals surface area contributed by atoms with E-state index in [0.29, 0.717) is 19.7 Å². The molecule has 8 heteroatoms. The van der Waals surface area contributed by atoms with Crippen molar-refractivity contribution in [3.8, 4) is 11.5 Å². The Labute approximate surface area is 156 Å². The van der Waals surface area contributed by atoms with E-state index in [1.165, 1.54) is 26.4 Å². The summed E-state index contributed by atoms with van der Waals surface area (Å²) >= 11 is 0. The topological polar surface area (TPSA) is 91.1 Å². The number of benzene rings is 2. The van der Waals surface area contributed by atoms with Gasteiger partial charge in [-0.3, -0.25) is 14.9 Å².